The average molecular weight is 301 g/mol. The molecule has 1 aromatic heterocycles. The third kappa shape index (κ3) is 3.32. The second-order valence-electron chi connectivity index (χ2n) is 5.68. The third-order valence-corrected chi connectivity index (χ3v) is 3.83. The van der Waals surface area contributed by atoms with Crippen LogP contribution in [0.3, 0.4) is 0 Å². The van der Waals surface area contributed by atoms with E-state index >= 15 is 0 Å². The van der Waals surface area contributed by atoms with E-state index in [1.807, 2.05) is 19.9 Å². The lowest BCUT2D eigenvalue weighted by molar-refractivity contribution is -0.123. The van der Waals surface area contributed by atoms with Gasteiger partial charge in [-0.05, 0) is 32.3 Å². The summed E-state index contributed by atoms with van der Waals surface area (Å²) >= 11 is 0. The summed E-state index contributed by atoms with van der Waals surface area (Å²) in [7, 11) is 0. The van der Waals surface area contributed by atoms with Crippen molar-refractivity contribution in [2.75, 3.05) is 0 Å². The Morgan fingerprint density at radius 2 is 2.00 bits per heavy atom. The first-order valence-electron chi connectivity index (χ1n) is 6.87. The molecule has 7 heteroatoms. The Morgan fingerprint density at radius 1 is 1.41 bits per heavy atom. The van der Waals surface area contributed by atoms with Crippen LogP contribution in [0.2, 0.25) is 0 Å². The van der Waals surface area contributed by atoms with E-state index in [0.29, 0.717) is 11.3 Å². The number of nitrogens with one attached hydrogen (secondary N) is 1. The summed E-state index contributed by atoms with van der Waals surface area (Å²) in [6.45, 7) is 8.22. The largest absolute Gasteiger partial charge is 0.336 e. The van der Waals surface area contributed by atoms with Crippen LogP contribution in [0, 0.1) is 42.4 Å². The predicted octanol–water partition coefficient (Wildman–Crippen LogP) is 0.786. The molecule has 0 aliphatic rings. The molecule has 0 fully saturated rings. The second-order valence-corrected chi connectivity index (χ2v) is 5.68. The van der Waals surface area contributed by atoms with Crippen molar-refractivity contribution in [3.05, 3.63) is 27.2 Å². The Labute approximate surface area is 129 Å². The molecule has 1 unspecified atom stereocenters. The van der Waals surface area contributed by atoms with Gasteiger partial charge in [-0.25, -0.2) is 4.68 Å². The molecule has 0 aromatic carbocycles. The number of nitriles is 2. The minimum atomic E-state index is -1.03. The van der Waals surface area contributed by atoms with Crippen LogP contribution in [0.1, 0.15) is 37.6 Å². The van der Waals surface area contributed by atoms with E-state index in [4.69, 9.17) is 5.26 Å². The summed E-state index contributed by atoms with van der Waals surface area (Å²) in [5.74, 6) is -0.597. The van der Waals surface area contributed by atoms with Crippen LogP contribution in [-0.4, -0.2) is 21.2 Å². The van der Waals surface area contributed by atoms with E-state index in [1.54, 1.807) is 20.8 Å². The van der Waals surface area contributed by atoms with Crippen molar-refractivity contribution in [2.45, 2.75) is 46.7 Å². The molecule has 0 aliphatic heterocycles. The van der Waals surface area contributed by atoms with Gasteiger partial charge in [0.25, 0.3) is 5.56 Å². The summed E-state index contributed by atoms with van der Waals surface area (Å²) in [5.41, 5.74) is -0.640. The number of rotatable bonds is 4. The molecule has 1 aromatic rings. The van der Waals surface area contributed by atoms with Gasteiger partial charge in [-0.1, -0.05) is 13.8 Å². The normalized spacial score (nSPS) is 13.1. The van der Waals surface area contributed by atoms with Crippen LogP contribution in [-0.2, 0) is 11.3 Å². The number of amides is 1. The highest BCUT2D eigenvalue weighted by Crippen LogP contribution is 2.15. The van der Waals surface area contributed by atoms with E-state index in [0.717, 1.165) is 4.68 Å². The van der Waals surface area contributed by atoms with Gasteiger partial charge in [0.15, 0.2) is 0 Å². The molecule has 0 aliphatic carbocycles. The lowest BCUT2D eigenvalue weighted by Gasteiger charge is -2.27. The molecule has 0 saturated carbocycles. The van der Waals surface area contributed by atoms with Crippen molar-refractivity contribution in [2.24, 2.45) is 5.92 Å². The highest BCUT2D eigenvalue weighted by atomic mass is 16.2. The molecule has 22 heavy (non-hydrogen) atoms. The Morgan fingerprint density at radius 3 is 2.45 bits per heavy atom. The van der Waals surface area contributed by atoms with Crippen LogP contribution in [0.5, 0.6) is 0 Å². The topological polar surface area (TPSA) is 112 Å². The average Bonchev–Trinajstić information content (AvgIpc) is 2.45. The minimum Gasteiger partial charge on any atom is -0.336 e. The summed E-state index contributed by atoms with van der Waals surface area (Å²) in [4.78, 5) is 24.2. The van der Waals surface area contributed by atoms with Crippen molar-refractivity contribution in [1.82, 2.24) is 15.1 Å². The maximum Gasteiger partial charge on any atom is 0.285 e. The summed E-state index contributed by atoms with van der Waals surface area (Å²) in [6.07, 6.45) is 0. The van der Waals surface area contributed by atoms with Gasteiger partial charge in [-0.15, -0.1) is 0 Å². The zero-order chi connectivity index (χ0) is 17.1. The standard InChI is InChI=1S/C15H19N5O2/c1-9(2)15(5,8-17)18-13(21)7-20-14(22)12(6-16)10(3)11(4)19-20/h9H,7H2,1-5H3,(H,18,21). The lowest BCUT2D eigenvalue weighted by Crippen LogP contribution is -2.50. The molecule has 116 valence electrons. The number of carbonyl (C=O) groups is 1. The van der Waals surface area contributed by atoms with Crippen LogP contribution < -0.4 is 10.9 Å². The predicted molar refractivity (Wildman–Crippen MR) is 79.7 cm³/mol. The van der Waals surface area contributed by atoms with Gasteiger partial charge in [0, 0.05) is 0 Å². The van der Waals surface area contributed by atoms with Crippen molar-refractivity contribution >= 4 is 5.91 Å². The Hall–Kier alpha value is -2.67. The molecule has 1 N–H and O–H groups in total. The molecule has 1 atom stereocenters. The summed E-state index contributed by atoms with van der Waals surface area (Å²) < 4.78 is 0.953. The van der Waals surface area contributed by atoms with Gasteiger partial charge in [0.1, 0.15) is 23.7 Å². The van der Waals surface area contributed by atoms with Gasteiger partial charge in [-0.3, -0.25) is 9.59 Å². The highest BCUT2D eigenvalue weighted by Gasteiger charge is 2.30. The van der Waals surface area contributed by atoms with Crippen LogP contribution in [0.25, 0.3) is 0 Å². The second kappa shape index (κ2) is 6.40. The maximum atomic E-state index is 12.1. The highest BCUT2D eigenvalue weighted by molar-refractivity contribution is 5.77. The molecule has 0 bridgehead atoms. The van der Waals surface area contributed by atoms with Crippen molar-refractivity contribution in [3.8, 4) is 12.1 Å². The van der Waals surface area contributed by atoms with Crippen molar-refractivity contribution in [1.29, 1.82) is 10.5 Å². The first-order valence-corrected chi connectivity index (χ1v) is 6.87. The fourth-order valence-electron chi connectivity index (χ4n) is 1.78. The minimum absolute atomic E-state index is 0.0211. The number of hydrogen-bond donors (Lipinski definition) is 1. The molecular formula is C15H19N5O2. The zero-order valence-corrected chi connectivity index (χ0v) is 13.4. The summed E-state index contributed by atoms with van der Waals surface area (Å²) in [5, 5.41) is 24.9. The maximum absolute atomic E-state index is 12.1. The van der Waals surface area contributed by atoms with Crippen LogP contribution in [0.4, 0.5) is 0 Å². The molecule has 0 spiro atoms. The van der Waals surface area contributed by atoms with Crippen LogP contribution in [0.15, 0.2) is 4.79 Å². The number of carbonyl (C=O) groups excluding carboxylic acids is 1. The lowest BCUT2D eigenvalue weighted by atomic mass is 9.90. The molecule has 7 nitrogen and oxygen atoms in total. The Balaban J connectivity index is 3.10. The van der Waals surface area contributed by atoms with Crippen molar-refractivity contribution in [3.63, 3.8) is 0 Å². The van der Waals surface area contributed by atoms with Crippen molar-refractivity contribution < 1.29 is 4.79 Å². The SMILES string of the molecule is Cc1nn(CC(=O)NC(C)(C#N)C(C)C)c(=O)c(C#N)c1C. The molecular weight excluding hydrogens is 282 g/mol. The smallest absolute Gasteiger partial charge is 0.285 e. The molecule has 0 saturated heterocycles. The van der Waals surface area contributed by atoms with E-state index < -0.39 is 17.0 Å². The number of hydrogen-bond acceptors (Lipinski definition) is 5. The molecule has 1 amide bonds. The number of aromatic nitrogens is 2. The Bertz CT molecular complexity index is 736. The van der Waals surface area contributed by atoms with E-state index in [1.165, 1.54) is 0 Å². The Kier molecular flexibility index (Phi) is 5.06. The monoisotopic (exact) mass is 301 g/mol. The third-order valence-electron chi connectivity index (χ3n) is 3.83. The fourth-order valence-corrected chi connectivity index (χ4v) is 1.78. The number of nitrogens with zero attached hydrogens (tertiary/aromatic N) is 4. The van der Waals surface area contributed by atoms with E-state index in [9.17, 15) is 14.9 Å². The summed E-state index contributed by atoms with van der Waals surface area (Å²) in [6, 6.07) is 3.90. The van der Waals surface area contributed by atoms with E-state index in [-0.39, 0.29) is 18.0 Å². The first-order chi connectivity index (χ1) is 10.2. The fraction of sp³-hybridized carbons (Fsp3) is 0.533. The van der Waals surface area contributed by atoms with Crippen LogP contribution >= 0.6 is 0 Å². The van der Waals surface area contributed by atoms with Gasteiger partial charge in [0.05, 0.1) is 11.8 Å². The van der Waals surface area contributed by atoms with E-state index in [2.05, 4.69) is 16.5 Å². The molecule has 0 radical (unpaired) electrons. The van der Waals surface area contributed by atoms with Gasteiger partial charge >= 0.3 is 0 Å². The molecule has 1 rings (SSSR count). The van der Waals surface area contributed by atoms with Gasteiger partial charge in [0.2, 0.25) is 5.91 Å². The number of aryl methyl sites for hydroxylation is 1. The zero-order valence-electron chi connectivity index (χ0n) is 13.4. The van der Waals surface area contributed by atoms with Gasteiger partial charge in [-0.2, -0.15) is 15.6 Å². The molecule has 1 heterocycles. The quantitative estimate of drug-likeness (QED) is 0.883. The van der Waals surface area contributed by atoms with Gasteiger partial charge < -0.3 is 5.32 Å². The first kappa shape index (κ1) is 17.4.